The Hall–Kier alpha value is -2.66. The van der Waals surface area contributed by atoms with Gasteiger partial charge in [-0.05, 0) is 44.0 Å². The molecular formula is C22H24N2O2S. The van der Waals surface area contributed by atoms with Crippen molar-refractivity contribution in [3.05, 3.63) is 76.8 Å². The smallest absolute Gasteiger partial charge is 0.227 e. The molecule has 27 heavy (non-hydrogen) atoms. The highest BCUT2D eigenvalue weighted by Crippen LogP contribution is 2.30. The summed E-state index contributed by atoms with van der Waals surface area (Å²) in [7, 11) is 0. The Morgan fingerprint density at radius 2 is 1.70 bits per heavy atom. The molecule has 3 rings (SSSR count). The lowest BCUT2D eigenvalue weighted by Gasteiger charge is -2.19. The number of nitrogens with one attached hydrogen (secondary N) is 1. The fourth-order valence-electron chi connectivity index (χ4n) is 2.92. The first-order valence-electron chi connectivity index (χ1n) is 9.04. The molecule has 0 unspecified atom stereocenters. The largest absolute Gasteiger partial charge is 0.491 e. The number of hydrogen-bond donors (Lipinski definition) is 1. The third-order valence-corrected chi connectivity index (χ3v) is 4.89. The van der Waals surface area contributed by atoms with E-state index in [0.717, 1.165) is 16.9 Å². The van der Waals surface area contributed by atoms with Gasteiger partial charge in [-0.25, -0.2) is 4.98 Å². The molecule has 1 amide bonds. The maximum atomic E-state index is 12.6. The first-order valence-corrected chi connectivity index (χ1v) is 9.92. The number of nitrogens with zero attached hydrogens (tertiary/aromatic N) is 1. The predicted molar refractivity (Wildman–Crippen MR) is 111 cm³/mol. The number of anilines is 1. The zero-order valence-corrected chi connectivity index (χ0v) is 16.6. The molecule has 0 saturated heterocycles. The van der Waals surface area contributed by atoms with Crippen LogP contribution >= 0.6 is 11.3 Å². The molecule has 140 valence electrons. The van der Waals surface area contributed by atoms with Gasteiger partial charge in [0.15, 0.2) is 5.13 Å². The molecule has 5 heteroatoms. The van der Waals surface area contributed by atoms with Crippen LogP contribution in [0.2, 0.25) is 0 Å². The molecule has 1 heterocycles. The zero-order chi connectivity index (χ0) is 19.2. The summed E-state index contributed by atoms with van der Waals surface area (Å²) in [6, 6.07) is 16.4. The van der Waals surface area contributed by atoms with Crippen LogP contribution in [0.1, 0.15) is 42.9 Å². The van der Waals surface area contributed by atoms with Gasteiger partial charge in [-0.15, -0.1) is 11.3 Å². The molecule has 1 atom stereocenters. The fraction of sp³-hybridized carbons (Fsp3) is 0.273. The summed E-state index contributed by atoms with van der Waals surface area (Å²) in [6.07, 6.45) is 2.17. The van der Waals surface area contributed by atoms with Gasteiger partial charge in [-0.1, -0.05) is 42.0 Å². The summed E-state index contributed by atoms with van der Waals surface area (Å²) in [5.41, 5.74) is 3.40. The van der Waals surface area contributed by atoms with Crippen molar-refractivity contribution in [2.75, 3.05) is 5.32 Å². The van der Waals surface area contributed by atoms with E-state index in [2.05, 4.69) is 41.5 Å². The quantitative estimate of drug-likeness (QED) is 0.597. The molecule has 3 aromatic rings. The average molecular weight is 381 g/mol. The highest BCUT2D eigenvalue weighted by atomic mass is 32.1. The van der Waals surface area contributed by atoms with Crippen molar-refractivity contribution in [1.29, 1.82) is 0 Å². The topological polar surface area (TPSA) is 51.2 Å². The second-order valence-corrected chi connectivity index (χ2v) is 7.68. The van der Waals surface area contributed by atoms with Crippen LogP contribution in [0.15, 0.2) is 60.1 Å². The zero-order valence-electron chi connectivity index (χ0n) is 15.8. The lowest BCUT2D eigenvalue weighted by atomic mass is 9.88. The Kier molecular flexibility index (Phi) is 6.24. The van der Waals surface area contributed by atoms with E-state index in [0.29, 0.717) is 11.6 Å². The van der Waals surface area contributed by atoms with E-state index in [1.165, 1.54) is 16.9 Å². The van der Waals surface area contributed by atoms with Crippen LogP contribution in [-0.4, -0.2) is 17.0 Å². The van der Waals surface area contributed by atoms with Crippen molar-refractivity contribution in [2.24, 2.45) is 0 Å². The van der Waals surface area contributed by atoms with Gasteiger partial charge in [0, 0.05) is 23.9 Å². The average Bonchev–Trinajstić information content (AvgIpc) is 3.14. The normalized spacial score (nSPS) is 12.0. The van der Waals surface area contributed by atoms with Crippen molar-refractivity contribution >= 4 is 22.4 Å². The molecular weight excluding hydrogens is 356 g/mol. The molecule has 0 spiro atoms. The molecule has 0 saturated carbocycles. The second-order valence-electron chi connectivity index (χ2n) is 6.79. The van der Waals surface area contributed by atoms with E-state index in [9.17, 15) is 4.79 Å². The van der Waals surface area contributed by atoms with E-state index in [-0.39, 0.29) is 17.9 Å². The highest BCUT2D eigenvalue weighted by molar-refractivity contribution is 7.13. The number of carbonyl (C=O) groups is 1. The number of hydrogen-bond acceptors (Lipinski definition) is 4. The summed E-state index contributed by atoms with van der Waals surface area (Å²) < 4.78 is 5.74. The van der Waals surface area contributed by atoms with E-state index in [4.69, 9.17) is 4.74 Å². The summed E-state index contributed by atoms with van der Waals surface area (Å²) in [5, 5.41) is 5.36. The second kappa shape index (κ2) is 8.82. The molecule has 0 radical (unpaired) electrons. The number of aromatic nitrogens is 1. The van der Waals surface area contributed by atoms with Crippen LogP contribution in [0.3, 0.4) is 0 Å². The van der Waals surface area contributed by atoms with Crippen molar-refractivity contribution in [1.82, 2.24) is 4.98 Å². The van der Waals surface area contributed by atoms with E-state index < -0.39 is 0 Å². The van der Waals surface area contributed by atoms with Crippen molar-refractivity contribution in [3.63, 3.8) is 0 Å². The fourth-order valence-corrected chi connectivity index (χ4v) is 3.46. The first-order chi connectivity index (χ1) is 13.0. The summed E-state index contributed by atoms with van der Waals surface area (Å²) in [5.74, 6) is 0.764. The molecule has 1 aromatic heterocycles. The monoisotopic (exact) mass is 380 g/mol. The number of benzene rings is 2. The minimum Gasteiger partial charge on any atom is -0.491 e. The maximum absolute atomic E-state index is 12.6. The molecule has 0 bridgehead atoms. The Balaban J connectivity index is 1.83. The Morgan fingerprint density at radius 1 is 1.07 bits per heavy atom. The van der Waals surface area contributed by atoms with Crippen molar-refractivity contribution in [2.45, 2.75) is 39.2 Å². The SMILES string of the molecule is Cc1ccc([C@H](CC(=O)Nc2nccs2)c2ccc(OC(C)C)cc2)cc1. The van der Waals surface area contributed by atoms with Gasteiger partial charge < -0.3 is 10.1 Å². The number of carbonyl (C=O) groups excluding carboxylic acids is 1. The molecule has 1 N–H and O–H groups in total. The van der Waals surface area contributed by atoms with Gasteiger partial charge >= 0.3 is 0 Å². The third-order valence-electron chi connectivity index (χ3n) is 4.20. The number of amides is 1. The molecule has 4 nitrogen and oxygen atoms in total. The number of thiazole rings is 1. The molecule has 0 aliphatic rings. The molecule has 0 fully saturated rings. The Bertz CT molecular complexity index is 856. The van der Waals surface area contributed by atoms with Gasteiger partial charge in [0.05, 0.1) is 6.10 Å². The van der Waals surface area contributed by atoms with Gasteiger partial charge in [0.2, 0.25) is 5.91 Å². The van der Waals surface area contributed by atoms with Gasteiger partial charge in [0.25, 0.3) is 0 Å². The van der Waals surface area contributed by atoms with Gasteiger partial charge in [-0.3, -0.25) is 4.79 Å². The van der Waals surface area contributed by atoms with E-state index >= 15 is 0 Å². The maximum Gasteiger partial charge on any atom is 0.227 e. The molecule has 2 aromatic carbocycles. The van der Waals surface area contributed by atoms with Crippen LogP contribution in [-0.2, 0) is 4.79 Å². The Morgan fingerprint density at radius 3 is 2.26 bits per heavy atom. The lowest BCUT2D eigenvalue weighted by molar-refractivity contribution is -0.116. The van der Waals surface area contributed by atoms with Crippen LogP contribution in [0, 0.1) is 6.92 Å². The van der Waals surface area contributed by atoms with E-state index in [1.54, 1.807) is 6.20 Å². The highest BCUT2D eigenvalue weighted by Gasteiger charge is 2.19. The van der Waals surface area contributed by atoms with E-state index in [1.807, 2.05) is 43.5 Å². The van der Waals surface area contributed by atoms with Crippen LogP contribution in [0.25, 0.3) is 0 Å². The Labute approximate surface area is 164 Å². The summed E-state index contributed by atoms with van der Waals surface area (Å²) in [4.78, 5) is 16.7. The number of rotatable bonds is 7. The van der Waals surface area contributed by atoms with Crippen LogP contribution in [0.4, 0.5) is 5.13 Å². The lowest BCUT2D eigenvalue weighted by Crippen LogP contribution is -2.16. The van der Waals surface area contributed by atoms with Gasteiger partial charge in [-0.2, -0.15) is 0 Å². The standard InChI is InChI=1S/C22H24N2O2S/c1-15(2)26-19-10-8-18(9-11-19)20(17-6-4-16(3)5-7-17)14-21(25)24-22-23-12-13-27-22/h4-13,15,20H,14H2,1-3H3,(H,23,24,25)/t20-/m0/s1. The van der Waals surface area contributed by atoms with Crippen LogP contribution in [0.5, 0.6) is 5.75 Å². The molecule has 0 aliphatic carbocycles. The predicted octanol–water partition coefficient (Wildman–Crippen LogP) is 5.40. The summed E-state index contributed by atoms with van der Waals surface area (Å²) >= 11 is 1.42. The minimum absolute atomic E-state index is 0.0290. The first kappa shape index (κ1) is 19.1. The van der Waals surface area contributed by atoms with Crippen molar-refractivity contribution in [3.8, 4) is 5.75 Å². The van der Waals surface area contributed by atoms with Gasteiger partial charge in [0.1, 0.15) is 5.75 Å². The summed E-state index contributed by atoms with van der Waals surface area (Å²) in [6.45, 7) is 6.07. The third kappa shape index (κ3) is 5.41. The number of ether oxygens (including phenoxy) is 1. The van der Waals surface area contributed by atoms with Crippen LogP contribution < -0.4 is 10.1 Å². The minimum atomic E-state index is -0.0435. The van der Waals surface area contributed by atoms with Crippen molar-refractivity contribution < 1.29 is 9.53 Å². The molecule has 0 aliphatic heterocycles. The number of aryl methyl sites for hydroxylation is 1.